The maximum Gasteiger partial charge on any atom is 0.417 e. The second kappa shape index (κ2) is 7.89. The molecular formula is C23H29F3N4O. The molecule has 0 aromatic carbocycles. The SMILES string of the molecule is CC(C)n1nc(-c2cncc(C(F)(F)F)c2)cc1C1[C@H]2CC(N3CCCOCC3)C[C@@H]12. The van der Waals surface area contributed by atoms with Crippen LogP contribution in [0.2, 0.25) is 0 Å². The largest absolute Gasteiger partial charge is 0.417 e. The summed E-state index contributed by atoms with van der Waals surface area (Å²) in [4.78, 5) is 6.41. The topological polar surface area (TPSA) is 43.2 Å². The maximum atomic E-state index is 13.1. The average Bonchev–Trinajstić information content (AvgIpc) is 3.07. The van der Waals surface area contributed by atoms with Crippen LogP contribution in [0.3, 0.4) is 0 Å². The summed E-state index contributed by atoms with van der Waals surface area (Å²) in [6.45, 7) is 7.96. The Hall–Kier alpha value is -1.93. The highest BCUT2D eigenvalue weighted by Gasteiger charge is 2.58. The Balaban J connectivity index is 1.35. The molecule has 2 aliphatic carbocycles. The van der Waals surface area contributed by atoms with E-state index in [9.17, 15) is 13.2 Å². The number of alkyl halides is 3. The highest BCUT2D eigenvalue weighted by atomic mass is 19.4. The molecule has 2 saturated carbocycles. The number of pyridine rings is 1. The number of halogens is 3. The van der Waals surface area contributed by atoms with Crippen molar-refractivity contribution in [1.29, 1.82) is 0 Å². The van der Waals surface area contributed by atoms with Gasteiger partial charge in [-0.25, -0.2) is 0 Å². The highest BCUT2D eigenvalue weighted by Crippen LogP contribution is 2.64. The quantitative estimate of drug-likeness (QED) is 0.696. The van der Waals surface area contributed by atoms with Gasteiger partial charge < -0.3 is 4.74 Å². The first kappa shape index (κ1) is 20.9. The van der Waals surface area contributed by atoms with E-state index in [0.29, 0.717) is 35.1 Å². The Morgan fingerprint density at radius 1 is 1.06 bits per heavy atom. The van der Waals surface area contributed by atoms with Crippen molar-refractivity contribution in [2.45, 2.75) is 57.3 Å². The van der Waals surface area contributed by atoms with Gasteiger partial charge in [0, 0.05) is 61.3 Å². The van der Waals surface area contributed by atoms with Crippen LogP contribution in [0.5, 0.6) is 0 Å². The number of hydrogen-bond acceptors (Lipinski definition) is 4. The molecule has 0 bridgehead atoms. The predicted molar refractivity (Wildman–Crippen MR) is 111 cm³/mol. The molecule has 0 N–H and O–H groups in total. The molecule has 3 aliphatic rings. The normalized spacial score (nSPS) is 29.2. The molecule has 5 rings (SSSR count). The summed E-state index contributed by atoms with van der Waals surface area (Å²) >= 11 is 0. The van der Waals surface area contributed by atoms with Crippen LogP contribution < -0.4 is 0 Å². The summed E-state index contributed by atoms with van der Waals surface area (Å²) in [6, 6.07) is 3.93. The molecule has 0 amide bonds. The smallest absolute Gasteiger partial charge is 0.380 e. The van der Waals surface area contributed by atoms with E-state index < -0.39 is 11.7 Å². The van der Waals surface area contributed by atoms with Gasteiger partial charge in [-0.3, -0.25) is 14.6 Å². The van der Waals surface area contributed by atoms with Gasteiger partial charge in [0.05, 0.1) is 17.9 Å². The van der Waals surface area contributed by atoms with Crippen molar-refractivity contribution in [3.05, 3.63) is 35.8 Å². The molecular weight excluding hydrogens is 405 g/mol. The Bertz CT molecular complexity index is 921. The van der Waals surface area contributed by atoms with Crippen molar-refractivity contribution in [2.24, 2.45) is 11.8 Å². The van der Waals surface area contributed by atoms with Gasteiger partial charge in [0.25, 0.3) is 0 Å². The monoisotopic (exact) mass is 434 g/mol. The minimum Gasteiger partial charge on any atom is -0.380 e. The van der Waals surface area contributed by atoms with Crippen LogP contribution in [0.25, 0.3) is 11.3 Å². The van der Waals surface area contributed by atoms with Gasteiger partial charge in [-0.1, -0.05) is 0 Å². The summed E-state index contributed by atoms with van der Waals surface area (Å²) in [7, 11) is 0. The van der Waals surface area contributed by atoms with Crippen molar-refractivity contribution < 1.29 is 17.9 Å². The van der Waals surface area contributed by atoms with Gasteiger partial charge in [0.1, 0.15) is 0 Å². The molecule has 1 aliphatic heterocycles. The third-order valence-electron chi connectivity index (χ3n) is 7.15. The Morgan fingerprint density at radius 3 is 2.55 bits per heavy atom. The molecule has 168 valence electrons. The number of ether oxygens (including phenoxy) is 1. The lowest BCUT2D eigenvalue weighted by Gasteiger charge is -2.28. The van der Waals surface area contributed by atoms with Gasteiger partial charge in [-0.2, -0.15) is 18.3 Å². The Labute approximate surface area is 180 Å². The zero-order chi connectivity index (χ0) is 21.8. The number of fused-ring (bicyclic) bond motifs is 1. The van der Waals surface area contributed by atoms with Crippen LogP contribution in [0.4, 0.5) is 13.2 Å². The van der Waals surface area contributed by atoms with Crippen molar-refractivity contribution in [2.75, 3.05) is 26.3 Å². The molecule has 3 fully saturated rings. The molecule has 3 heterocycles. The molecule has 0 spiro atoms. The van der Waals surface area contributed by atoms with E-state index in [0.717, 1.165) is 50.7 Å². The number of hydrogen-bond donors (Lipinski definition) is 0. The van der Waals surface area contributed by atoms with Gasteiger partial charge in [0.15, 0.2) is 0 Å². The first-order valence-electron chi connectivity index (χ1n) is 11.3. The molecule has 8 heteroatoms. The second-order valence-corrected chi connectivity index (χ2v) is 9.43. The van der Waals surface area contributed by atoms with E-state index in [2.05, 4.69) is 23.7 Å². The lowest BCUT2D eigenvalue weighted by Crippen LogP contribution is -2.36. The van der Waals surface area contributed by atoms with E-state index in [-0.39, 0.29) is 6.04 Å². The standard InChI is InChI=1S/C23H29F3N4O/c1-14(2)30-21(11-20(28-30)15-8-16(13-27-12-15)23(24,25)26)22-18-9-17(10-19(18)22)29-4-3-6-31-7-5-29/h8,11-14,17-19,22H,3-7,9-10H2,1-2H3/t17?,18-,19+,22?. The Morgan fingerprint density at radius 2 is 1.84 bits per heavy atom. The van der Waals surface area contributed by atoms with E-state index in [4.69, 9.17) is 9.84 Å². The minimum absolute atomic E-state index is 0.155. The molecule has 2 aromatic rings. The van der Waals surface area contributed by atoms with Crippen molar-refractivity contribution >= 4 is 0 Å². The van der Waals surface area contributed by atoms with Crippen LogP contribution in [-0.2, 0) is 10.9 Å². The molecule has 2 aromatic heterocycles. The number of nitrogens with zero attached hydrogens (tertiary/aromatic N) is 4. The average molecular weight is 435 g/mol. The summed E-state index contributed by atoms with van der Waals surface area (Å²) in [5.41, 5.74) is 1.42. The van der Waals surface area contributed by atoms with E-state index in [1.807, 2.05) is 10.7 Å². The zero-order valence-electron chi connectivity index (χ0n) is 18.0. The third kappa shape index (κ3) is 4.00. The number of rotatable bonds is 4. The van der Waals surface area contributed by atoms with Crippen molar-refractivity contribution in [3.8, 4) is 11.3 Å². The van der Waals surface area contributed by atoms with Gasteiger partial charge >= 0.3 is 6.18 Å². The highest BCUT2D eigenvalue weighted by molar-refractivity contribution is 5.60. The van der Waals surface area contributed by atoms with Crippen LogP contribution in [0.15, 0.2) is 24.5 Å². The molecule has 2 unspecified atom stereocenters. The maximum absolute atomic E-state index is 13.1. The summed E-state index contributed by atoms with van der Waals surface area (Å²) in [5.74, 6) is 1.76. The van der Waals surface area contributed by atoms with Crippen LogP contribution in [-0.4, -0.2) is 52.0 Å². The summed E-state index contributed by atoms with van der Waals surface area (Å²) < 4.78 is 47.0. The molecule has 0 radical (unpaired) electrons. The zero-order valence-corrected chi connectivity index (χ0v) is 18.0. The summed E-state index contributed by atoms with van der Waals surface area (Å²) in [6.07, 6.45) is 1.41. The van der Waals surface area contributed by atoms with E-state index in [1.54, 1.807) is 0 Å². The lowest BCUT2D eigenvalue weighted by atomic mass is 10.0. The number of aromatic nitrogens is 3. The van der Waals surface area contributed by atoms with Crippen LogP contribution in [0.1, 0.15) is 56.3 Å². The van der Waals surface area contributed by atoms with Gasteiger partial charge in [0.2, 0.25) is 0 Å². The predicted octanol–water partition coefficient (Wildman–Crippen LogP) is 4.76. The molecule has 1 saturated heterocycles. The van der Waals surface area contributed by atoms with E-state index >= 15 is 0 Å². The summed E-state index contributed by atoms with van der Waals surface area (Å²) in [5, 5.41) is 4.70. The minimum atomic E-state index is -4.41. The third-order valence-corrected chi connectivity index (χ3v) is 7.15. The lowest BCUT2D eigenvalue weighted by molar-refractivity contribution is -0.137. The fourth-order valence-electron chi connectivity index (χ4n) is 5.63. The van der Waals surface area contributed by atoms with E-state index in [1.165, 1.54) is 19.0 Å². The van der Waals surface area contributed by atoms with Crippen molar-refractivity contribution in [1.82, 2.24) is 19.7 Å². The van der Waals surface area contributed by atoms with Crippen molar-refractivity contribution in [3.63, 3.8) is 0 Å². The molecule has 5 nitrogen and oxygen atoms in total. The van der Waals surface area contributed by atoms with Crippen LogP contribution >= 0.6 is 0 Å². The van der Waals surface area contributed by atoms with Crippen LogP contribution in [0, 0.1) is 11.8 Å². The second-order valence-electron chi connectivity index (χ2n) is 9.43. The molecule has 4 atom stereocenters. The van der Waals surface area contributed by atoms with Gasteiger partial charge in [-0.15, -0.1) is 0 Å². The Kier molecular flexibility index (Phi) is 5.33. The first-order chi connectivity index (χ1) is 14.8. The van der Waals surface area contributed by atoms with Gasteiger partial charge in [-0.05, 0) is 57.1 Å². The fourth-order valence-corrected chi connectivity index (χ4v) is 5.63. The molecule has 31 heavy (non-hydrogen) atoms. The first-order valence-corrected chi connectivity index (χ1v) is 11.3. The fraction of sp³-hybridized carbons (Fsp3) is 0.652.